The van der Waals surface area contributed by atoms with Crippen LogP contribution in [0.3, 0.4) is 0 Å². The molecule has 0 atom stereocenters. The van der Waals surface area contributed by atoms with Crippen molar-refractivity contribution in [1.82, 2.24) is 15.2 Å². The van der Waals surface area contributed by atoms with Crippen LogP contribution in [0, 0.1) is 5.82 Å². The molecule has 1 aromatic heterocycles. The number of ether oxygens (including phenoxy) is 2. The van der Waals surface area contributed by atoms with Gasteiger partial charge in [0.15, 0.2) is 11.6 Å². The highest BCUT2D eigenvalue weighted by atomic mass is 19.1. The average molecular weight is 402 g/mol. The molecule has 0 fully saturated rings. The molecule has 0 aliphatic carbocycles. The quantitative estimate of drug-likeness (QED) is 0.684. The van der Waals surface area contributed by atoms with E-state index in [0.29, 0.717) is 43.2 Å². The predicted octanol–water partition coefficient (Wildman–Crippen LogP) is 2.31. The van der Waals surface area contributed by atoms with E-state index < -0.39 is 5.82 Å². The third-order valence-electron chi connectivity index (χ3n) is 4.90. The van der Waals surface area contributed by atoms with Gasteiger partial charge in [-0.3, -0.25) is 4.79 Å². The molecule has 0 saturated heterocycles. The molecule has 156 valence electrons. The van der Waals surface area contributed by atoms with Crippen LogP contribution in [0.1, 0.15) is 22.3 Å². The fourth-order valence-electron chi connectivity index (χ4n) is 3.24. The van der Waals surface area contributed by atoms with Gasteiger partial charge in [-0.1, -0.05) is 6.07 Å². The summed E-state index contributed by atoms with van der Waals surface area (Å²) in [6, 6.07) is 6.61. The first kappa shape index (κ1) is 20.9. The van der Waals surface area contributed by atoms with Gasteiger partial charge in [-0.2, -0.15) is 0 Å². The number of hydrogen-bond acceptors (Lipinski definition) is 6. The van der Waals surface area contributed by atoms with Crippen LogP contribution in [0.25, 0.3) is 0 Å². The molecule has 1 aliphatic heterocycles. The van der Waals surface area contributed by atoms with Crippen molar-refractivity contribution in [2.24, 2.45) is 0 Å². The molecule has 29 heavy (non-hydrogen) atoms. The van der Waals surface area contributed by atoms with Gasteiger partial charge >= 0.3 is 0 Å². The first-order valence-corrected chi connectivity index (χ1v) is 9.63. The number of hydrogen-bond donors (Lipinski definition) is 1. The molecule has 2 aromatic rings. The SMILES string of the molecule is CNCCCOc1ccc(CN2CCN(C)c3cc(OC)ncc3C2=O)cc1F. The summed E-state index contributed by atoms with van der Waals surface area (Å²) in [6.45, 7) is 2.75. The fourth-order valence-corrected chi connectivity index (χ4v) is 3.24. The molecule has 0 saturated carbocycles. The molecule has 8 heteroatoms. The minimum absolute atomic E-state index is 0.132. The third kappa shape index (κ3) is 4.95. The monoisotopic (exact) mass is 402 g/mol. The largest absolute Gasteiger partial charge is 0.490 e. The van der Waals surface area contributed by atoms with E-state index in [-0.39, 0.29) is 11.7 Å². The minimum atomic E-state index is -0.418. The van der Waals surface area contributed by atoms with Gasteiger partial charge in [-0.15, -0.1) is 0 Å². The number of aromatic nitrogens is 1. The van der Waals surface area contributed by atoms with Crippen molar-refractivity contribution in [3.05, 3.63) is 47.4 Å². The highest BCUT2D eigenvalue weighted by molar-refractivity contribution is 6.00. The van der Waals surface area contributed by atoms with Gasteiger partial charge in [0.1, 0.15) is 0 Å². The highest BCUT2D eigenvalue weighted by Gasteiger charge is 2.26. The zero-order chi connectivity index (χ0) is 20.8. The number of nitrogens with zero attached hydrogens (tertiary/aromatic N) is 3. The van der Waals surface area contributed by atoms with E-state index in [2.05, 4.69) is 10.3 Å². The first-order chi connectivity index (χ1) is 14.0. The Morgan fingerprint density at radius 2 is 2.10 bits per heavy atom. The molecule has 1 aromatic carbocycles. The number of rotatable bonds is 8. The Morgan fingerprint density at radius 3 is 2.83 bits per heavy atom. The number of amides is 1. The standard InChI is InChI=1S/C21H27FN4O3/c1-23-7-4-10-29-19-6-5-15(11-17(19)22)14-26-9-8-25(2)18-12-20(28-3)24-13-16(18)21(26)27/h5-6,11-13,23H,4,7-10,14H2,1-3H3. The number of benzene rings is 1. The molecule has 7 nitrogen and oxygen atoms in total. The molecule has 1 amide bonds. The number of halogens is 1. The second-order valence-corrected chi connectivity index (χ2v) is 6.96. The molecular formula is C21H27FN4O3. The van der Waals surface area contributed by atoms with Crippen LogP contribution in [-0.2, 0) is 6.54 Å². The van der Waals surface area contributed by atoms with Crippen molar-refractivity contribution in [3.8, 4) is 11.6 Å². The van der Waals surface area contributed by atoms with Crippen LogP contribution in [-0.4, -0.2) is 63.2 Å². The third-order valence-corrected chi connectivity index (χ3v) is 4.90. The molecule has 0 spiro atoms. The summed E-state index contributed by atoms with van der Waals surface area (Å²) in [5.41, 5.74) is 2.00. The van der Waals surface area contributed by atoms with E-state index in [1.807, 2.05) is 19.0 Å². The highest BCUT2D eigenvalue weighted by Crippen LogP contribution is 2.28. The van der Waals surface area contributed by atoms with Gasteiger partial charge in [0.2, 0.25) is 5.88 Å². The van der Waals surface area contributed by atoms with Gasteiger partial charge in [0.25, 0.3) is 5.91 Å². The van der Waals surface area contributed by atoms with Crippen LogP contribution in [0.2, 0.25) is 0 Å². The van der Waals surface area contributed by atoms with Crippen molar-refractivity contribution >= 4 is 11.6 Å². The Hall–Kier alpha value is -2.87. The van der Waals surface area contributed by atoms with Gasteiger partial charge in [0, 0.05) is 38.9 Å². The van der Waals surface area contributed by atoms with Crippen LogP contribution < -0.4 is 19.7 Å². The number of carbonyl (C=O) groups excluding carboxylic acids is 1. The summed E-state index contributed by atoms with van der Waals surface area (Å²) >= 11 is 0. The lowest BCUT2D eigenvalue weighted by Crippen LogP contribution is -2.33. The summed E-state index contributed by atoms with van der Waals surface area (Å²) < 4.78 is 25.1. The number of anilines is 1. The molecule has 0 unspecified atom stereocenters. The van der Waals surface area contributed by atoms with Gasteiger partial charge in [0.05, 0.1) is 25.0 Å². The molecule has 2 heterocycles. The predicted molar refractivity (Wildman–Crippen MR) is 109 cm³/mol. The summed E-state index contributed by atoms with van der Waals surface area (Å²) in [4.78, 5) is 20.9. The van der Waals surface area contributed by atoms with Crippen molar-refractivity contribution in [3.63, 3.8) is 0 Å². The van der Waals surface area contributed by atoms with E-state index in [1.54, 1.807) is 30.2 Å². The molecule has 0 bridgehead atoms. The summed E-state index contributed by atoms with van der Waals surface area (Å²) in [5.74, 6) is 0.142. The van der Waals surface area contributed by atoms with Crippen molar-refractivity contribution < 1.29 is 18.7 Å². The number of nitrogens with one attached hydrogen (secondary N) is 1. The molecule has 1 aliphatic rings. The Bertz CT molecular complexity index is 862. The van der Waals surface area contributed by atoms with E-state index in [0.717, 1.165) is 18.7 Å². The average Bonchev–Trinajstić information content (AvgIpc) is 2.84. The maximum absolute atomic E-state index is 14.4. The molecule has 1 N–H and O–H groups in total. The van der Waals surface area contributed by atoms with Crippen LogP contribution in [0.15, 0.2) is 30.5 Å². The normalized spacial score (nSPS) is 13.9. The number of likely N-dealkylation sites (N-methyl/N-ethyl adjacent to an activating group) is 1. The Balaban J connectivity index is 1.72. The van der Waals surface area contributed by atoms with Gasteiger partial charge in [-0.25, -0.2) is 9.37 Å². The van der Waals surface area contributed by atoms with E-state index in [4.69, 9.17) is 9.47 Å². The maximum Gasteiger partial charge on any atom is 0.257 e. The summed E-state index contributed by atoms with van der Waals surface area (Å²) in [6.07, 6.45) is 2.33. The minimum Gasteiger partial charge on any atom is -0.490 e. The lowest BCUT2D eigenvalue weighted by Gasteiger charge is -2.21. The first-order valence-electron chi connectivity index (χ1n) is 9.63. The number of carbonyl (C=O) groups is 1. The zero-order valence-electron chi connectivity index (χ0n) is 17.1. The van der Waals surface area contributed by atoms with E-state index in [1.165, 1.54) is 12.3 Å². The Labute approximate surface area is 170 Å². The maximum atomic E-state index is 14.4. The summed E-state index contributed by atoms with van der Waals surface area (Å²) in [5, 5.41) is 3.02. The lowest BCUT2D eigenvalue weighted by molar-refractivity contribution is 0.0754. The van der Waals surface area contributed by atoms with Crippen molar-refractivity contribution in [1.29, 1.82) is 0 Å². The molecule has 0 radical (unpaired) electrons. The lowest BCUT2D eigenvalue weighted by atomic mass is 10.1. The van der Waals surface area contributed by atoms with Crippen molar-refractivity contribution in [2.45, 2.75) is 13.0 Å². The molecule has 3 rings (SSSR count). The fraction of sp³-hybridized carbons (Fsp3) is 0.429. The van der Waals surface area contributed by atoms with Crippen LogP contribution >= 0.6 is 0 Å². The second kappa shape index (κ2) is 9.56. The van der Waals surface area contributed by atoms with E-state index >= 15 is 0 Å². The number of methoxy groups -OCH3 is 1. The van der Waals surface area contributed by atoms with E-state index in [9.17, 15) is 9.18 Å². The number of fused-ring (bicyclic) bond motifs is 1. The van der Waals surface area contributed by atoms with Crippen LogP contribution in [0.4, 0.5) is 10.1 Å². The second-order valence-electron chi connectivity index (χ2n) is 6.96. The molecular weight excluding hydrogens is 375 g/mol. The Morgan fingerprint density at radius 1 is 1.28 bits per heavy atom. The topological polar surface area (TPSA) is 66.9 Å². The summed E-state index contributed by atoms with van der Waals surface area (Å²) in [7, 11) is 5.33. The smallest absolute Gasteiger partial charge is 0.257 e. The Kier molecular flexibility index (Phi) is 6.87. The van der Waals surface area contributed by atoms with Gasteiger partial charge in [-0.05, 0) is 37.7 Å². The number of pyridine rings is 1. The zero-order valence-corrected chi connectivity index (χ0v) is 17.1. The van der Waals surface area contributed by atoms with Crippen molar-refractivity contribution in [2.75, 3.05) is 52.3 Å². The van der Waals surface area contributed by atoms with Crippen LogP contribution in [0.5, 0.6) is 11.6 Å². The van der Waals surface area contributed by atoms with Gasteiger partial charge < -0.3 is 24.6 Å².